The molecule has 1 unspecified atom stereocenters. The van der Waals surface area contributed by atoms with Gasteiger partial charge in [-0.2, -0.15) is 0 Å². The van der Waals surface area contributed by atoms with Crippen molar-refractivity contribution in [2.75, 3.05) is 7.05 Å². The van der Waals surface area contributed by atoms with Gasteiger partial charge in [0.15, 0.2) is 0 Å². The van der Waals surface area contributed by atoms with Crippen LogP contribution >= 0.6 is 11.3 Å². The molecule has 6 N–H and O–H groups in total. The van der Waals surface area contributed by atoms with Crippen LogP contribution in [0, 0.1) is 24.7 Å². The summed E-state index contributed by atoms with van der Waals surface area (Å²) in [6.45, 7) is 9.22. The minimum Gasteiger partial charge on any atom is -0.333 e. The first kappa shape index (κ1) is 45.9. The molecule has 8 aromatic carbocycles. The predicted octanol–water partition coefficient (Wildman–Crippen LogP) is 14.1. The van der Waals surface area contributed by atoms with Gasteiger partial charge in [0.25, 0.3) is 0 Å². The standard InChI is InChI=1S/C32H25NS.C13H12.C7H8.CH5N.2CH3N/c1-21-14-16-22(17-15-21)30-26(18-19-28-27-12-5-6-13-29(27)34-32(28)30)24-10-7-11-25(20-24)31(33)23-8-3-2-4-9-23;1-3-7-12(8-4-1)11-13-9-5-2-6-10-13;1-7-5-3-2-4-6-7;3*1-2/h2-20,31H,33H2,1H3;1-10H,11H2;2-6H,1H3;2H2,1H3;2*2H,1H2. The van der Waals surface area contributed by atoms with E-state index in [2.05, 4.69) is 203 Å². The molecule has 0 spiro atoms. The minimum atomic E-state index is -0.156. The molecule has 0 amide bonds. The molecule has 9 aromatic rings. The fourth-order valence-corrected chi connectivity index (χ4v) is 8.02. The van der Waals surface area contributed by atoms with Crippen molar-refractivity contribution in [1.29, 1.82) is 10.8 Å². The Kier molecular flexibility index (Phi) is 19.1. The Morgan fingerprint density at radius 2 is 0.950 bits per heavy atom. The molecule has 0 bridgehead atoms. The maximum Gasteiger partial charge on any atom is 0.0551 e. The van der Waals surface area contributed by atoms with Crippen molar-refractivity contribution in [2.24, 2.45) is 11.5 Å². The molecule has 60 heavy (non-hydrogen) atoms. The molecule has 5 heteroatoms. The maximum atomic E-state index is 6.67. The molecule has 0 radical (unpaired) electrons. The quantitative estimate of drug-likeness (QED) is 0.126. The second-order valence-electron chi connectivity index (χ2n) is 13.6. The highest BCUT2D eigenvalue weighted by atomic mass is 32.1. The van der Waals surface area contributed by atoms with Gasteiger partial charge in [0.1, 0.15) is 0 Å². The molecule has 9 rings (SSSR count). The molecule has 1 heterocycles. The van der Waals surface area contributed by atoms with E-state index in [1.165, 1.54) is 71.7 Å². The molecule has 0 aliphatic heterocycles. The van der Waals surface area contributed by atoms with E-state index >= 15 is 0 Å². The summed E-state index contributed by atoms with van der Waals surface area (Å²) in [5, 5.41) is 13.6. The van der Waals surface area contributed by atoms with Crippen LogP contribution in [0.25, 0.3) is 42.4 Å². The number of rotatable bonds is 6. The van der Waals surface area contributed by atoms with Crippen LogP contribution in [0.3, 0.4) is 0 Å². The molecular formula is C55H56N4S. The Bertz CT molecular complexity index is 2530. The third-order valence-corrected chi connectivity index (χ3v) is 10.8. The van der Waals surface area contributed by atoms with E-state index in [1.54, 1.807) is 0 Å². The number of benzene rings is 8. The largest absolute Gasteiger partial charge is 0.333 e. The van der Waals surface area contributed by atoms with Crippen LogP contribution in [-0.2, 0) is 6.42 Å². The van der Waals surface area contributed by atoms with Gasteiger partial charge in [-0.1, -0.05) is 205 Å². The van der Waals surface area contributed by atoms with Crippen LogP contribution < -0.4 is 11.5 Å². The van der Waals surface area contributed by atoms with Crippen molar-refractivity contribution >= 4 is 44.9 Å². The van der Waals surface area contributed by atoms with Crippen molar-refractivity contribution in [3.63, 3.8) is 0 Å². The van der Waals surface area contributed by atoms with Gasteiger partial charge in [0.05, 0.1) is 6.04 Å². The van der Waals surface area contributed by atoms with Gasteiger partial charge in [-0.25, -0.2) is 0 Å². The Morgan fingerprint density at radius 1 is 0.467 bits per heavy atom. The lowest BCUT2D eigenvalue weighted by Crippen LogP contribution is -2.11. The highest BCUT2D eigenvalue weighted by Crippen LogP contribution is 2.45. The summed E-state index contributed by atoms with van der Waals surface area (Å²) in [4.78, 5) is 0. The molecule has 0 aliphatic rings. The lowest BCUT2D eigenvalue weighted by molar-refractivity contribution is 0.872. The number of aryl methyl sites for hydroxylation is 2. The zero-order valence-electron chi connectivity index (χ0n) is 34.9. The van der Waals surface area contributed by atoms with Crippen LogP contribution in [0.2, 0.25) is 0 Å². The Hall–Kier alpha value is -6.76. The normalized spacial score (nSPS) is 10.3. The van der Waals surface area contributed by atoms with E-state index in [0.29, 0.717) is 0 Å². The molecule has 0 fully saturated rings. The van der Waals surface area contributed by atoms with E-state index in [1.807, 2.05) is 47.7 Å². The van der Waals surface area contributed by atoms with Crippen LogP contribution in [0.4, 0.5) is 0 Å². The maximum absolute atomic E-state index is 6.67. The van der Waals surface area contributed by atoms with Crippen molar-refractivity contribution < 1.29 is 0 Å². The van der Waals surface area contributed by atoms with Gasteiger partial charge < -0.3 is 22.3 Å². The highest BCUT2D eigenvalue weighted by Gasteiger charge is 2.17. The number of hydrogen-bond acceptors (Lipinski definition) is 5. The molecule has 0 saturated heterocycles. The Labute approximate surface area is 360 Å². The number of nitrogens with two attached hydrogens (primary N) is 2. The second kappa shape index (κ2) is 24.9. The number of nitrogens with one attached hydrogen (secondary N) is 2. The highest BCUT2D eigenvalue weighted by molar-refractivity contribution is 7.26. The van der Waals surface area contributed by atoms with Gasteiger partial charge in [0.2, 0.25) is 0 Å². The number of fused-ring (bicyclic) bond motifs is 3. The molecule has 4 nitrogen and oxygen atoms in total. The van der Waals surface area contributed by atoms with Crippen molar-refractivity contribution in [2.45, 2.75) is 26.3 Å². The summed E-state index contributed by atoms with van der Waals surface area (Å²) in [7, 11) is 1.50. The van der Waals surface area contributed by atoms with Gasteiger partial charge in [0, 0.05) is 25.7 Å². The predicted molar refractivity (Wildman–Crippen MR) is 264 cm³/mol. The van der Waals surface area contributed by atoms with Crippen LogP contribution in [0.15, 0.2) is 206 Å². The fraction of sp³-hybridized carbons (Fsp3) is 0.0909. The van der Waals surface area contributed by atoms with Crippen LogP contribution in [-0.4, -0.2) is 20.5 Å². The van der Waals surface area contributed by atoms with E-state index in [0.717, 1.165) is 17.5 Å². The van der Waals surface area contributed by atoms with Crippen LogP contribution in [0.5, 0.6) is 0 Å². The van der Waals surface area contributed by atoms with Gasteiger partial charge >= 0.3 is 0 Å². The first-order chi connectivity index (χ1) is 29.5. The third kappa shape index (κ3) is 12.6. The summed E-state index contributed by atoms with van der Waals surface area (Å²) in [5.41, 5.74) is 23.7. The number of hydrogen-bond donors (Lipinski definition) is 4. The van der Waals surface area contributed by atoms with Crippen molar-refractivity contribution in [1.82, 2.24) is 0 Å². The van der Waals surface area contributed by atoms with E-state index < -0.39 is 0 Å². The molecule has 0 saturated carbocycles. The van der Waals surface area contributed by atoms with Crippen molar-refractivity contribution in [3.8, 4) is 22.3 Å². The SMILES string of the molecule is C=N.C=N.CN.Cc1ccc(-c2c(-c3cccc(C(N)c4ccccc4)c3)ccc3c2sc2ccccc23)cc1.Cc1ccccc1.c1ccc(Cc2ccccc2)cc1. The minimum absolute atomic E-state index is 0.156. The topological polar surface area (TPSA) is 99.7 Å². The monoisotopic (exact) mass is 804 g/mol. The lowest BCUT2D eigenvalue weighted by Gasteiger charge is -2.16. The summed E-state index contributed by atoms with van der Waals surface area (Å²) in [5.74, 6) is 0. The Balaban J connectivity index is 0.000000250. The van der Waals surface area contributed by atoms with E-state index in [9.17, 15) is 0 Å². The fourth-order valence-electron chi connectivity index (χ4n) is 6.75. The third-order valence-electron chi connectivity index (χ3n) is 9.64. The first-order valence-corrected chi connectivity index (χ1v) is 20.7. The Morgan fingerprint density at radius 3 is 1.50 bits per heavy atom. The summed E-state index contributed by atoms with van der Waals surface area (Å²) in [6.07, 6.45) is 1.03. The molecular weight excluding hydrogens is 749 g/mol. The summed E-state index contributed by atoms with van der Waals surface area (Å²) < 4.78 is 2.66. The van der Waals surface area contributed by atoms with Gasteiger partial charge in [-0.3, -0.25) is 0 Å². The molecule has 0 aliphatic carbocycles. The molecule has 1 aromatic heterocycles. The molecule has 1 atom stereocenters. The summed E-state index contributed by atoms with van der Waals surface area (Å²) >= 11 is 1.88. The number of thiophene rings is 1. The first-order valence-electron chi connectivity index (χ1n) is 19.8. The smallest absolute Gasteiger partial charge is 0.0551 e. The zero-order chi connectivity index (χ0) is 43.1. The van der Waals surface area contributed by atoms with E-state index in [-0.39, 0.29) is 6.04 Å². The average molecular weight is 805 g/mol. The van der Waals surface area contributed by atoms with Gasteiger partial charge in [-0.15, -0.1) is 11.3 Å². The average Bonchev–Trinajstić information content (AvgIpc) is 3.71. The van der Waals surface area contributed by atoms with Crippen molar-refractivity contribution in [3.05, 3.63) is 240 Å². The summed E-state index contributed by atoms with van der Waals surface area (Å²) in [6, 6.07) is 72.4. The van der Waals surface area contributed by atoms with Gasteiger partial charge in [-0.05, 0) is 91.8 Å². The van der Waals surface area contributed by atoms with Crippen LogP contribution in [0.1, 0.15) is 39.4 Å². The van der Waals surface area contributed by atoms with E-state index in [4.69, 9.17) is 16.6 Å². The lowest BCUT2D eigenvalue weighted by atomic mass is 9.90. The molecule has 302 valence electrons. The second-order valence-corrected chi connectivity index (χ2v) is 14.7. The zero-order valence-corrected chi connectivity index (χ0v) is 35.7.